The van der Waals surface area contributed by atoms with Gasteiger partial charge in [0.25, 0.3) is 0 Å². The van der Waals surface area contributed by atoms with Crippen molar-refractivity contribution in [2.45, 2.75) is 37.7 Å². The Kier molecular flexibility index (Phi) is 5.52. The van der Waals surface area contributed by atoms with E-state index in [0.717, 1.165) is 17.0 Å². The van der Waals surface area contributed by atoms with Crippen LogP contribution < -0.4 is 0 Å². The van der Waals surface area contributed by atoms with E-state index < -0.39 is 0 Å². The zero-order valence-corrected chi connectivity index (χ0v) is 15.8. The molecule has 0 unspecified atom stereocenters. The van der Waals surface area contributed by atoms with Gasteiger partial charge in [0.15, 0.2) is 16.8 Å². The molecule has 0 N–H and O–H groups in total. The maximum atomic E-state index is 13.1. The summed E-state index contributed by atoms with van der Waals surface area (Å²) in [5.41, 5.74) is 2.65. The molecule has 134 valence electrons. The van der Waals surface area contributed by atoms with Gasteiger partial charge >= 0.3 is 0 Å². The van der Waals surface area contributed by atoms with E-state index in [4.69, 9.17) is 0 Å². The number of nitrogens with zero attached hydrogens (tertiary/aromatic N) is 3. The van der Waals surface area contributed by atoms with Gasteiger partial charge in [0.1, 0.15) is 5.82 Å². The Hall–Kier alpha value is -2.47. The lowest BCUT2D eigenvalue weighted by Gasteiger charge is -2.12. The summed E-state index contributed by atoms with van der Waals surface area (Å²) in [5.74, 6) is 0.392. The standard InChI is InChI=1S/C20H20FN3OS/c1-4-24-19(17-8-6-5-7-13(17)2)22-23-20(24)26-14(3)18(25)15-9-11-16(21)12-10-15/h5-12,14H,4H2,1-3H3/t14-/m0/s1. The second kappa shape index (κ2) is 7.83. The zero-order valence-electron chi connectivity index (χ0n) is 14.9. The Labute approximate surface area is 156 Å². The number of rotatable bonds is 6. The molecule has 0 aliphatic heterocycles. The summed E-state index contributed by atoms with van der Waals surface area (Å²) in [6.45, 7) is 6.61. The van der Waals surface area contributed by atoms with Crippen molar-refractivity contribution in [3.63, 3.8) is 0 Å². The third-order valence-corrected chi connectivity index (χ3v) is 5.28. The van der Waals surface area contributed by atoms with Crippen molar-refractivity contribution >= 4 is 17.5 Å². The molecule has 3 rings (SSSR count). The molecule has 0 aliphatic rings. The number of halogens is 1. The molecule has 6 heteroatoms. The van der Waals surface area contributed by atoms with Gasteiger partial charge in [-0.2, -0.15) is 0 Å². The summed E-state index contributed by atoms with van der Waals surface area (Å²) in [6.07, 6.45) is 0. The second-order valence-electron chi connectivity index (χ2n) is 6.00. The Morgan fingerprint density at radius 3 is 2.50 bits per heavy atom. The third-order valence-electron chi connectivity index (χ3n) is 4.20. The molecular weight excluding hydrogens is 349 g/mol. The molecule has 0 fully saturated rings. The summed E-state index contributed by atoms with van der Waals surface area (Å²) in [7, 11) is 0. The molecule has 0 radical (unpaired) electrons. The molecule has 0 saturated carbocycles. The first-order valence-electron chi connectivity index (χ1n) is 8.47. The number of aromatic nitrogens is 3. The van der Waals surface area contributed by atoms with E-state index >= 15 is 0 Å². The van der Waals surface area contributed by atoms with Crippen LogP contribution in [0.1, 0.15) is 29.8 Å². The largest absolute Gasteiger partial charge is 0.302 e. The average molecular weight is 369 g/mol. The van der Waals surface area contributed by atoms with Gasteiger partial charge in [-0.15, -0.1) is 10.2 Å². The molecular formula is C20H20FN3OS. The fourth-order valence-corrected chi connectivity index (χ4v) is 3.73. The second-order valence-corrected chi connectivity index (χ2v) is 7.30. The van der Waals surface area contributed by atoms with E-state index in [1.54, 1.807) is 0 Å². The number of Topliss-reactive ketones (excluding diaryl/α,β-unsaturated/α-hetero) is 1. The first-order valence-corrected chi connectivity index (χ1v) is 9.35. The van der Waals surface area contributed by atoms with Gasteiger partial charge in [-0.1, -0.05) is 36.0 Å². The van der Waals surface area contributed by atoms with E-state index in [1.807, 2.05) is 49.6 Å². The number of carbonyl (C=O) groups is 1. The van der Waals surface area contributed by atoms with Gasteiger partial charge in [0.2, 0.25) is 0 Å². The number of hydrogen-bond acceptors (Lipinski definition) is 4. The van der Waals surface area contributed by atoms with Crippen molar-refractivity contribution in [2.75, 3.05) is 0 Å². The monoisotopic (exact) mass is 369 g/mol. The summed E-state index contributed by atoms with van der Waals surface area (Å²) in [4.78, 5) is 12.6. The van der Waals surface area contributed by atoms with Crippen LogP contribution in [0.25, 0.3) is 11.4 Å². The molecule has 3 aromatic rings. The smallest absolute Gasteiger partial charge is 0.192 e. The minimum atomic E-state index is -0.351. The highest BCUT2D eigenvalue weighted by atomic mass is 32.2. The lowest BCUT2D eigenvalue weighted by Crippen LogP contribution is -2.14. The molecule has 4 nitrogen and oxygen atoms in total. The van der Waals surface area contributed by atoms with Crippen LogP contribution in [-0.4, -0.2) is 25.8 Å². The number of ketones is 1. The number of carbonyl (C=O) groups excluding carboxylic acids is 1. The molecule has 26 heavy (non-hydrogen) atoms. The van der Waals surface area contributed by atoms with Gasteiger partial charge in [-0.25, -0.2) is 4.39 Å². The highest BCUT2D eigenvalue weighted by Crippen LogP contribution is 2.29. The Morgan fingerprint density at radius 2 is 1.85 bits per heavy atom. The first-order chi connectivity index (χ1) is 12.5. The van der Waals surface area contributed by atoms with Gasteiger partial charge in [0.05, 0.1) is 5.25 Å². The van der Waals surface area contributed by atoms with Crippen LogP contribution in [0.15, 0.2) is 53.7 Å². The van der Waals surface area contributed by atoms with Crippen molar-refractivity contribution in [3.05, 3.63) is 65.5 Å². The summed E-state index contributed by atoms with van der Waals surface area (Å²) in [6, 6.07) is 13.7. The zero-order chi connectivity index (χ0) is 18.7. The average Bonchev–Trinajstić information content (AvgIpc) is 3.04. The van der Waals surface area contributed by atoms with Gasteiger partial charge < -0.3 is 4.57 Å². The van der Waals surface area contributed by atoms with Crippen molar-refractivity contribution in [1.29, 1.82) is 0 Å². The summed E-state index contributed by atoms with van der Waals surface area (Å²) >= 11 is 1.37. The first kappa shape index (κ1) is 18.3. The van der Waals surface area contributed by atoms with E-state index in [2.05, 4.69) is 10.2 Å². The fraction of sp³-hybridized carbons (Fsp3) is 0.250. The minimum Gasteiger partial charge on any atom is -0.302 e. The molecule has 1 aromatic heterocycles. The Bertz CT molecular complexity index is 921. The highest BCUT2D eigenvalue weighted by molar-refractivity contribution is 8.00. The Balaban J connectivity index is 1.85. The van der Waals surface area contributed by atoms with Crippen LogP contribution in [-0.2, 0) is 6.54 Å². The molecule has 1 atom stereocenters. The van der Waals surface area contributed by atoms with E-state index in [0.29, 0.717) is 17.3 Å². The van der Waals surface area contributed by atoms with Crippen molar-refractivity contribution in [2.24, 2.45) is 0 Å². The van der Waals surface area contributed by atoms with Crippen molar-refractivity contribution in [1.82, 2.24) is 14.8 Å². The van der Waals surface area contributed by atoms with Gasteiger partial charge in [-0.05, 0) is 50.6 Å². The predicted molar refractivity (Wildman–Crippen MR) is 102 cm³/mol. The maximum absolute atomic E-state index is 13.1. The molecule has 0 saturated heterocycles. The summed E-state index contributed by atoms with van der Waals surface area (Å²) < 4.78 is 15.1. The van der Waals surface area contributed by atoms with Crippen LogP contribution in [0.5, 0.6) is 0 Å². The maximum Gasteiger partial charge on any atom is 0.192 e. The fourth-order valence-electron chi connectivity index (χ4n) is 2.74. The number of benzene rings is 2. The number of aryl methyl sites for hydroxylation is 1. The molecule has 2 aromatic carbocycles. The Morgan fingerprint density at radius 1 is 1.15 bits per heavy atom. The van der Waals surface area contributed by atoms with Crippen LogP contribution in [0.4, 0.5) is 4.39 Å². The third kappa shape index (κ3) is 3.70. The summed E-state index contributed by atoms with van der Waals surface area (Å²) in [5, 5.41) is 9.00. The number of hydrogen-bond donors (Lipinski definition) is 0. The number of thioether (sulfide) groups is 1. The van der Waals surface area contributed by atoms with E-state index in [1.165, 1.54) is 36.0 Å². The molecule has 0 spiro atoms. The molecule has 0 bridgehead atoms. The van der Waals surface area contributed by atoms with Crippen molar-refractivity contribution in [3.8, 4) is 11.4 Å². The molecule has 1 heterocycles. The normalized spacial score (nSPS) is 12.2. The lowest BCUT2D eigenvalue weighted by atomic mass is 10.1. The van der Waals surface area contributed by atoms with Crippen LogP contribution >= 0.6 is 11.8 Å². The molecule has 0 amide bonds. The van der Waals surface area contributed by atoms with Gasteiger partial charge in [0, 0.05) is 17.7 Å². The SMILES string of the molecule is CCn1c(S[C@@H](C)C(=O)c2ccc(F)cc2)nnc1-c1ccccc1C. The topological polar surface area (TPSA) is 47.8 Å². The molecule has 0 aliphatic carbocycles. The minimum absolute atomic E-state index is 0.0573. The van der Waals surface area contributed by atoms with E-state index in [9.17, 15) is 9.18 Å². The van der Waals surface area contributed by atoms with Crippen LogP contribution in [0.2, 0.25) is 0 Å². The van der Waals surface area contributed by atoms with Crippen molar-refractivity contribution < 1.29 is 9.18 Å². The lowest BCUT2D eigenvalue weighted by molar-refractivity contribution is 0.0994. The predicted octanol–water partition coefficient (Wildman–Crippen LogP) is 4.78. The van der Waals surface area contributed by atoms with Gasteiger partial charge in [-0.3, -0.25) is 4.79 Å². The van der Waals surface area contributed by atoms with Crippen LogP contribution in [0.3, 0.4) is 0 Å². The highest BCUT2D eigenvalue weighted by Gasteiger charge is 2.21. The van der Waals surface area contributed by atoms with E-state index in [-0.39, 0.29) is 16.9 Å². The van der Waals surface area contributed by atoms with Crippen LogP contribution in [0, 0.1) is 12.7 Å². The quantitative estimate of drug-likeness (QED) is 0.464.